The Morgan fingerprint density at radius 1 is 0.897 bits per heavy atom. The van der Waals surface area contributed by atoms with Gasteiger partial charge in [0.2, 0.25) is 0 Å². The highest BCUT2D eigenvalue weighted by molar-refractivity contribution is 5.88. The summed E-state index contributed by atoms with van der Waals surface area (Å²) in [6.45, 7) is 19.8. The number of carbonyl (C=O) groups excluding carboxylic acids is 2. The summed E-state index contributed by atoms with van der Waals surface area (Å²) in [5, 5.41) is 53.6. The molecule has 68 heavy (non-hydrogen) atoms. The number of unbranched alkanes of at least 4 members (excludes halogenated alkanes) is 1. The number of cyclic esters (lactones) is 1. The molecular formula is C51H86N2O15. The molecule has 3 aliphatic rings. The van der Waals surface area contributed by atoms with Gasteiger partial charge in [-0.3, -0.25) is 9.59 Å². The summed E-state index contributed by atoms with van der Waals surface area (Å²) in [4.78, 5) is 35.3. The molecule has 0 saturated carbocycles. The van der Waals surface area contributed by atoms with E-state index in [0.717, 1.165) is 12.2 Å². The quantitative estimate of drug-likeness (QED) is 0.0825. The molecule has 1 aromatic carbocycles. The predicted molar refractivity (Wildman–Crippen MR) is 255 cm³/mol. The van der Waals surface area contributed by atoms with Gasteiger partial charge in [-0.15, -0.1) is 0 Å². The van der Waals surface area contributed by atoms with Gasteiger partial charge in [-0.1, -0.05) is 64.4 Å². The van der Waals surface area contributed by atoms with Crippen LogP contribution in [0, 0.1) is 23.7 Å². The maximum absolute atomic E-state index is 14.6. The van der Waals surface area contributed by atoms with E-state index in [1.807, 2.05) is 77.0 Å². The van der Waals surface area contributed by atoms with E-state index in [4.69, 9.17) is 42.7 Å². The highest BCUT2D eigenvalue weighted by atomic mass is 16.7. The number of hydrogen-bond acceptors (Lipinski definition) is 17. The zero-order chi connectivity index (χ0) is 50.7. The Labute approximate surface area is 405 Å². The summed E-state index contributed by atoms with van der Waals surface area (Å²) in [6, 6.07) is 9.06. The third-order valence-electron chi connectivity index (χ3n) is 14.4. The number of hydrogen-bond donors (Lipinski definition) is 4. The zero-order valence-electron chi connectivity index (χ0n) is 43.3. The second kappa shape index (κ2) is 25.4. The standard InChI is InChI=1S/C51H86N2O15/c1-15-17-24-39(54)66-46-35(8)64-40(29-50(46,10)60-14)67-43-33(6)45(68-48-42(55)37(53(12)13)27-31(4)63-48)49(9,58)28-30(3)41(52-62-26-21-25-61-36-22-19-18-20-23-36)32(5)44(56)51(11,59)38(16-2)65-47(57)34(43)7/h18-20,22-23,30-35,37-38,40,42-46,48,55-56,58-59H,15-17,21,24-29H2,1-14H3/b52-41+/t30-,31-,32-,33+,34-,35+,37+,38+,40?,42-,43+,44-,45-,46+,48+,49?,50-,51-/m1/s1. The van der Waals surface area contributed by atoms with E-state index in [-0.39, 0.29) is 50.4 Å². The number of benzene rings is 1. The summed E-state index contributed by atoms with van der Waals surface area (Å²) in [6.07, 6.45) is -7.21. The minimum atomic E-state index is -1.98. The number of likely N-dealkylation sites (N-methyl/N-ethyl adjacent to an activating group) is 1. The molecule has 3 saturated heterocycles. The first-order chi connectivity index (χ1) is 31.9. The molecule has 0 aliphatic carbocycles. The minimum Gasteiger partial charge on any atom is -0.493 e. The topological polar surface area (TPSA) is 214 Å². The lowest BCUT2D eigenvalue weighted by Crippen LogP contribution is -2.61. The van der Waals surface area contributed by atoms with Crippen molar-refractivity contribution in [3.05, 3.63) is 30.3 Å². The Hall–Kier alpha value is -2.97. The van der Waals surface area contributed by atoms with Crippen LogP contribution in [-0.4, -0.2) is 162 Å². The molecule has 3 heterocycles. The van der Waals surface area contributed by atoms with Crippen LogP contribution in [0.25, 0.3) is 0 Å². The smallest absolute Gasteiger partial charge is 0.311 e. The number of para-hydroxylation sites is 1. The largest absolute Gasteiger partial charge is 0.493 e. The monoisotopic (exact) mass is 967 g/mol. The van der Waals surface area contributed by atoms with Crippen molar-refractivity contribution < 1.29 is 72.7 Å². The maximum Gasteiger partial charge on any atom is 0.311 e. The summed E-state index contributed by atoms with van der Waals surface area (Å²) in [7, 11) is 5.27. The zero-order valence-corrected chi connectivity index (χ0v) is 43.3. The fourth-order valence-corrected chi connectivity index (χ4v) is 10.3. The summed E-state index contributed by atoms with van der Waals surface area (Å²) in [5.41, 5.74) is -4.49. The third-order valence-corrected chi connectivity index (χ3v) is 14.4. The molecule has 3 aliphatic heterocycles. The number of nitrogens with zero attached hydrogens (tertiary/aromatic N) is 2. The molecule has 4 rings (SSSR count). The Morgan fingerprint density at radius 2 is 1.57 bits per heavy atom. The first-order valence-electron chi connectivity index (χ1n) is 24.8. The van der Waals surface area contributed by atoms with Crippen LogP contribution >= 0.6 is 0 Å². The third kappa shape index (κ3) is 14.6. The van der Waals surface area contributed by atoms with Crippen LogP contribution in [0.2, 0.25) is 0 Å². The van der Waals surface area contributed by atoms with Gasteiger partial charge in [0, 0.05) is 50.2 Å². The lowest BCUT2D eigenvalue weighted by atomic mass is 9.73. The van der Waals surface area contributed by atoms with Gasteiger partial charge >= 0.3 is 11.9 Å². The summed E-state index contributed by atoms with van der Waals surface area (Å²) < 4.78 is 50.5. The Balaban J connectivity index is 1.79. The van der Waals surface area contributed by atoms with Crippen LogP contribution in [0.15, 0.2) is 35.5 Å². The van der Waals surface area contributed by atoms with Gasteiger partial charge in [0.15, 0.2) is 18.7 Å². The minimum absolute atomic E-state index is 0.0253. The van der Waals surface area contributed by atoms with Crippen molar-refractivity contribution in [2.24, 2.45) is 28.8 Å². The van der Waals surface area contributed by atoms with Crippen molar-refractivity contribution in [2.45, 2.75) is 212 Å². The summed E-state index contributed by atoms with van der Waals surface area (Å²) >= 11 is 0. The first-order valence-corrected chi connectivity index (χ1v) is 24.8. The maximum atomic E-state index is 14.6. The molecule has 18 atom stereocenters. The van der Waals surface area contributed by atoms with Crippen LogP contribution in [0.5, 0.6) is 5.75 Å². The second-order valence-corrected chi connectivity index (χ2v) is 20.5. The van der Waals surface area contributed by atoms with Gasteiger partial charge in [-0.25, -0.2) is 0 Å². The van der Waals surface area contributed by atoms with E-state index in [0.29, 0.717) is 31.6 Å². The van der Waals surface area contributed by atoms with Crippen LogP contribution in [0.4, 0.5) is 0 Å². The van der Waals surface area contributed by atoms with Gasteiger partial charge in [0.05, 0.1) is 54.4 Å². The van der Waals surface area contributed by atoms with Crippen molar-refractivity contribution >= 4 is 17.7 Å². The molecule has 0 amide bonds. The van der Waals surface area contributed by atoms with E-state index in [9.17, 15) is 30.0 Å². The van der Waals surface area contributed by atoms with Crippen LogP contribution in [0.3, 0.4) is 0 Å². The molecule has 0 spiro atoms. The first kappa shape index (κ1) is 57.6. The fourth-order valence-electron chi connectivity index (χ4n) is 10.3. The average Bonchev–Trinajstić information content (AvgIpc) is 3.28. The van der Waals surface area contributed by atoms with Gasteiger partial charge in [-0.2, -0.15) is 0 Å². The Kier molecular flexibility index (Phi) is 21.5. The number of carbonyl (C=O) groups is 2. The molecule has 0 radical (unpaired) electrons. The predicted octanol–water partition coefficient (Wildman–Crippen LogP) is 5.80. The number of ether oxygens (including phenoxy) is 8. The number of esters is 2. The van der Waals surface area contributed by atoms with Crippen molar-refractivity contribution in [3.8, 4) is 5.75 Å². The van der Waals surface area contributed by atoms with E-state index >= 15 is 0 Å². The number of rotatable bonds is 17. The van der Waals surface area contributed by atoms with E-state index in [2.05, 4.69) is 5.16 Å². The molecule has 4 N–H and O–H groups in total. The van der Waals surface area contributed by atoms with E-state index < -0.39 is 102 Å². The van der Waals surface area contributed by atoms with Gasteiger partial charge in [-0.05, 0) is 93.5 Å². The van der Waals surface area contributed by atoms with Crippen molar-refractivity contribution in [1.29, 1.82) is 0 Å². The molecule has 0 bridgehead atoms. The Morgan fingerprint density at radius 3 is 2.19 bits per heavy atom. The molecule has 17 heteroatoms. The van der Waals surface area contributed by atoms with Gasteiger partial charge < -0.3 is 68.1 Å². The van der Waals surface area contributed by atoms with Gasteiger partial charge in [0.1, 0.15) is 35.8 Å². The number of methoxy groups -OCH3 is 1. The Bertz CT molecular complexity index is 1730. The SMILES string of the molecule is CCCCC(=O)O[C@H]1[C@H](C)OC(O[C@H]2[C@H](C)[C@@H](O[C@@H]3O[C@H](C)C[C@H](N(C)C)[C@H]3O)C(C)(O)C[C@@H](C)/C(=N\OCCCOc3ccccc3)[C@@H](C)[C@@H](O)[C@](C)(O)[C@H](CC)OC(=O)[C@@H]2C)C[C@@]1(C)OC. The average molecular weight is 967 g/mol. The van der Waals surface area contributed by atoms with Crippen molar-refractivity contribution in [1.82, 2.24) is 4.90 Å². The normalized spacial score (nSPS) is 40.6. The molecule has 3 fully saturated rings. The highest BCUT2D eigenvalue weighted by Crippen LogP contribution is 2.41. The van der Waals surface area contributed by atoms with E-state index in [1.54, 1.807) is 41.5 Å². The number of aliphatic hydroxyl groups excluding tert-OH is 2. The number of aliphatic hydroxyl groups is 4. The molecule has 1 aromatic rings. The number of oxime groups is 1. The second-order valence-electron chi connectivity index (χ2n) is 20.5. The van der Waals surface area contributed by atoms with Crippen molar-refractivity contribution in [3.63, 3.8) is 0 Å². The molecule has 390 valence electrons. The van der Waals surface area contributed by atoms with Crippen molar-refractivity contribution in [2.75, 3.05) is 34.4 Å². The van der Waals surface area contributed by atoms with Crippen LogP contribution in [-0.2, 0) is 47.6 Å². The molecule has 2 unspecified atom stereocenters. The van der Waals surface area contributed by atoms with Gasteiger partial charge in [0.25, 0.3) is 0 Å². The lowest BCUT2D eigenvalue weighted by molar-refractivity contribution is -0.318. The molecule has 17 nitrogen and oxygen atoms in total. The molecular weight excluding hydrogens is 881 g/mol. The van der Waals surface area contributed by atoms with E-state index in [1.165, 1.54) is 14.0 Å². The van der Waals surface area contributed by atoms with Crippen LogP contribution in [0.1, 0.15) is 128 Å². The fraction of sp³-hybridized carbons (Fsp3) is 0.824. The van der Waals surface area contributed by atoms with Crippen LogP contribution < -0.4 is 4.74 Å². The lowest BCUT2D eigenvalue weighted by Gasteiger charge is -2.49. The molecule has 0 aromatic heterocycles. The highest BCUT2D eigenvalue weighted by Gasteiger charge is 2.54. The summed E-state index contributed by atoms with van der Waals surface area (Å²) in [5.74, 6) is -3.82.